The number of aliphatic hydroxyl groups excluding tert-OH is 1. The van der Waals surface area contributed by atoms with Crippen molar-refractivity contribution in [3.63, 3.8) is 0 Å². The first-order chi connectivity index (χ1) is 9.89. The van der Waals surface area contributed by atoms with Crippen LogP contribution in [-0.4, -0.2) is 11.7 Å². The molecule has 0 aromatic carbocycles. The van der Waals surface area contributed by atoms with Gasteiger partial charge >= 0.3 is 0 Å². The molecule has 0 spiro atoms. The Balaban J connectivity index is 2.02. The molecule has 1 N–H and O–H groups in total. The fraction of sp³-hybridized carbons (Fsp3) is 0.800. The van der Waals surface area contributed by atoms with Crippen molar-refractivity contribution < 1.29 is 5.11 Å². The molecule has 21 heavy (non-hydrogen) atoms. The minimum Gasteiger partial charge on any atom is -0.396 e. The van der Waals surface area contributed by atoms with Gasteiger partial charge in [-0.2, -0.15) is 0 Å². The molecule has 2 fully saturated rings. The van der Waals surface area contributed by atoms with Gasteiger partial charge in [-0.15, -0.1) is 6.58 Å². The Hall–Kier alpha value is -0.560. The first kappa shape index (κ1) is 15.3. The molecular weight excluding hydrogens is 256 g/mol. The molecule has 0 aliphatic heterocycles. The van der Waals surface area contributed by atoms with Gasteiger partial charge in [0.2, 0.25) is 0 Å². The normalized spacial score (nSPS) is 49.8. The molecule has 0 heterocycles. The lowest BCUT2D eigenvalue weighted by Crippen LogP contribution is -2.52. The van der Waals surface area contributed by atoms with Crippen LogP contribution in [-0.2, 0) is 0 Å². The second-order valence-corrected chi connectivity index (χ2v) is 8.67. The number of hydrogen-bond donors (Lipinski definition) is 1. The summed E-state index contributed by atoms with van der Waals surface area (Å²) < 4.78 is 0. The van der Waals surface area contributed by atoms with E-state index < -0.39 is 0 Å². The zero-order chi connectivity index (χ0) is 15.3. The van der Waals surface area contributed by atoms with Gasteiger partial charge in [0, 0.05) is 6.61 Å². The lowest BCUT2D eigenvalue weighted by molar-refractivity contribution is -0.0618. The molecule has 2 saturated carbocycles. The van der Waals surface area contributed by atoms with Gasteiger partial charge < -0.3 is 5.11 Å². The number of aliphatic hydroxyl groups is 1. The number of hydrogen-bond acceptors (Lipinski definition) is 1. The Morgan fingerprint density at radius 3 is 2.67 bits per heavy atom. The van der Waals surface area contributed by atoms with E-state index in [9.17, 15) is 5.11 Å². The van der Waals surface area contributed by atoms with E-state index in [2.05, 4.69) is 39.5 Å². The minimum absolute atomic E-state index is 0.126. The van der Waals surface area contributed by atoms with Gasteiger partial charge in [-0.05, 0) is 66.6 Å². The molecular formula is C20H32O. The highest BCUT2D eigenvalue weighted by molar-refractivity contribution is 5.30. The van der Waals surface area contributed by atoms with Gasteiger partial charge in [0.05, 0.1) is 0 Å². The molecule has 0 amide bonds. The van der Waals surface area contributed by atoms with Crippen molar-refractivity contribution in [3.05, 3.63) is 24.3 Å². The summed E-state index contributed by atoms with van der Waals surface area (Å²) in [4.78, 5) is 0. The molecule has 0 saturated heterocycles. The van der Waals surface area contributed by atoms with Crippen molar-refractivity contribution in [2.75, 3.05) is 6.61 Å². The third-order valence-corrected chi connectivity index (χ3v) is 7.50. The molecule has 1 heteroatoms. The molecule has 1 nitrogen and oxygen atoms in total. The summed E-state index contributed by atoms with van der Waals surface area (Å²) in [5, 5.41) is 10.0. The predicted molar refractivity (Wildman–Crippen MR) is 89.0 cm³/mol. The molecule has 3 aliphatic carbocycles. The molecule has 0 radical (unpaired) electrons. The average Bonchev–Trinajstić information content (AvgIpc) is 2.48. The maximum Gasteiger partial charge on any atom is 0.0487 e. The highest BCUT2D eigenvalue weighted by Gasteiger charge is 2.56. The average molecular weight is 288 g/mol. The van der Waals surface area contributed by atoms with Gasteiger partial charge in [0.1, 0.15) is 0 Å². The van der Waals surface area contributed by atoms with Gasteiger partial charge in [-0.25, -0.2) is 0 Å². The molecule has 5 atom stereocenters. The van der Waals surface area contributed by atoms with Crippen LogP contribution in [0.25, 0.3) is 0 Å². The smallest absolute Gasteiger partial charge is 0.0487 e. The third-order valence-electron chi connectivity index (χ3n) is 7.50. The van der Waals surface area contributed by atoms with Gasteiger partial charge in [0.25, 0.3) is 0 Å². The summed E-state index contributed by atoms with van der Waals surface area (Å²) in [6.07, 6.45) is 13.6. The molecule has 0 unspecified atom stereocenters. The van der Waals surface area contributed by atoms with Crippen LogP contribution in [0.2, 0.25) is 0 Å². The monoisotopic (exact) mass is 288 g/mol. The highest BCUT2D eigenvalue weighted by Crippen LogP contribution is 2.64. The maximum absolute atomic E-state index is 10.0. The molecule has 0 aromatic rings. The van der Waals surface area contributed by atoms with Crippen molar-refractivity contribution in [1.82, 2.24) is 0 Å². The van der Waals surface area contributed by atoms with Crippen molar-refractivity contribution >= 4 is 0 Å². The Bertz CT molecular complexity index is 464. The van der Waals surface area contributed by atoms with E-state index in [1.165, 1.54) is 44.9 Å². The SMILES string of the molecule is C=C[C@]1(C)CCC=C2[C@@H]1CC[C@@H]1[C@](C)(CO)CCC[C@@]21C. The summed E-state index contributed by atoms with van der Waals surface area (Å²) in [6, 6.07) is 0. The van der Waals surface area contributed by atoms with Crippen molar-refractivity contribution in [2.24, 2.45) is 28.1 Å². The van der Waals surface area contributed by atoms with Gasteiger partial charge in [0.15, 0.2) is 0 Å². The second-order valence-electron chi connectivity index (χ2n) is 8.67. The largest absolute Gasteiger partial charge is 0.396 e. The van der Waals surface area contributed by atoms with Crippen LogP contribution in [0.15, 0.2) is 24.3 Å². The third kappa shape index (κ3) is 2.07. The summed E-state index contributed by atoms with van der Waals surface area (Å²) in [6.45, 7) is 11.7. The van der Waals surface area contributed by atoms with Crippen LogP contribution in [0, 0.1) is 28.1 Å². The fourth-order valence-electron chi connectivity index (χ4n) is 6.08. The Morgan fingerprint density at radius 2 is 2.00 bits per heavy atom. The Labute approximate surface area is 130 Å². The molecule has 0 bridgehead atoms. The van der Waals surface area contributed by atoms with Gasteiger partial charge in [-0.3, -0.25) is 0 Å². The summed E-state index contributed by atoms with van der Waals surface area (Å²) in [5.74, 6) is 1.34. The van der Waals surface area contributed by atoms with E-state index in [4.69, 9.17) is 0 Å². The minimum atomic E-state index is 0.126. The van der Waals surface area contributed by atoms with Crippen LogP contribution in [0.4, 0.5) is 0 Å². The van der Waals surface area contributed by atoms with Gasteiger partial charge in [-0.1, -0.05) is 44.9 Å². The van der Waals surface area contributed by atoms with Crippen molar-refractivity contribution in [2.45, 2.75) is 65.7 Å². The summed E-state index contributed by atoms with van der Waals surface area (Å²) in [7, 11) is 0. The Morgan fingerprint density at radius 1 is 1.24 bits per heavy atom. The summed E-state index contributed by atoms with van der Waals surface area (Å²) >= 11 is 0. The zero-order valence-corrected chi connectivity index (χ0v) is 14.1. The van der Waals surface area contributed by atoms with Crippen LogP contribution in [0.3, 0.4) is 0 Å². The number of rotatable bonds is 2. The lowest BCUT2D eigenvalue weighted by Gasteiger charge is -2.60. The molecule has 3 rings (SSSR count). The van der Waals surface area contributed by atoms with Crippen LogP contribution >= 0.6 is 0 Å². The van der Waals surface area contributed by atoms with E-state index in [1.54, 1.807) is 5.57 Å². The van der Waals surface area contributed by atoms with Crippen molar-refractivity contribution in [3.8, 4) is 0 Å². The zero-order valence-electron chi connectivity index (χ0n) is 14.1. The molecule has 118 valence electrons. The maximum atomic E-state index is 10.0. The van der Waals surface area contributed by atoms with E-state index in [0.29, 0.717) is 23.9 Å². The molecule has 0 aromatic heterocycles. The molecule has 3 aliphatic rings. The van der Waals surface area contributed by atoms with Crippen LogP contribution < -0.4 is 0 Å². The Kier molecular flexibility index (Phi) is 3.64. The standard InChI is InChI=1S/C20H32O/c1-5-18(2)11-6-8-16-15(18)9-10-17-19(3,14-21)12-7-13-20(16,17)4/h5,8,15,17,21H,1,6-7,9-14H2,2-4H3/t15-,17+,18+,19-,20-/m0/s1. The number of fused-ring (bicyclic) bond motifs is 3. The first-order valence-electron chi connectivity index (χ1n) is 8.85. The lowest BCUT2D eigenvalue weighted by atomic mass is 9.44. The fourth-order valence-corrected chi connectivity index (χ4v) is 6.08. The second kappa shape index (κ2) is 4.98. The van der Waals surface area contributed by atoms with E-state index >= 15 is 0 Å². The quantitative estimate of drug-likeness (QED) is 0.700. The number of allylic oxidation sites excluding steroid dienone is 3. The topological polar surface area (TPSA) is 20.2 Å². The van der Waals surface area contributed by atoms with Crippen LogP contribution in [0.1, 0.15) is 65.7 Å². The highest BCUT2D eigenvalue weighted by atomic mass is 16.3. The van der Waals surface area contributed by atoms with Crippen LogP contribution in [0.5, 0.6) is 0 Å². The van der Waals surface area contributed by atoms with Crippen molar-refractivity contribution in [1.29, 1.82) is 0 Å². The van der Waals surface area contributed by atoms with E-state index in [0.717, 1.165) is 0 Å². The predicted octanol–water partition coefficient (Wildman–Crippen LogP) is 5.11. The first-order valence-corrected chi connectivity index (χ1v) is 8.85. The van der Waals surface area contributed by atoms with E-state index in [1.807, 2.05) is 0 Å². The summed E-state index contributed by atoms with van der Waals surface area (Å²) in [5.41, 5.74) is 2.43. The van der Waals surface area contributed by atoms with E-state index in [-0.39, 0.29) is 10.8 Å².